The summed E-state index contributed by atoms with van der Waals surface area (Å²) in [4.78, 5) is 15.1. The van der Waals surface area contributed by atoms with Crippen LogP contribution in [0, 0.1) is 0 Å². The van der Waals surface area contributed by atoms with Crippen molar-refractivity contribution in [3.63, 3.8) is 0 Å². The van der Waals surface area contributed by atoms with Crippen molar-refractivity contribution in [2.75, 3.05) is 0 Å². The molecular weight excluding hydrogens is 615 g/mol. The van der Waals surface area contributed by atoms with Crippen LogP contribution in [0.4, 0.5) is 0 Å². The van der Waals surface area contributed by atoms with E-state index in [0.717, 1.165) is 38.6 Å². The monoisotopic (exact) mass is 648 g/mol. The third-order valence-electron chi connectivity index (χ3n) is 8.87. The van der Waals surface area contributed by atoms with Gasteiger partial charge in [-0.05, 0) is 40.9 Å². The average Bonchev–Trinajstić information content (AvgIpc) is 3.84. The molecule has 0 N–H and O–H groups in total. The lowest BCUT2D eigenvalue weighted by molar-refractivity contribution is 0.669. The first-order chi connectivity index (χ1) is 27.7. The summed E-state index contributed by atoms with van der Waals surface area (Å²) in [6, 6.07) is 36.0. The topological polar surface area (TPSA) is 65.0 Å². The first kappa shape index (κ1) is 21.9. The SMILES string of the molecule is [2H]c1c([2H])c([2H])c2c(oc3c(-c4cccc(-c5nc(-c6ccc(-c7ccccc7)cc6)nc(-c6cccc7oc8ccccc8c67)n5)c4)c([2H])c([2H])c([2H])c32)c1[2H]. The zero-order chi connectivity index (χ0) is 39.1. The molecule has 0 unspecified atom stereocenters. The van der Waals surface area contributed by atoms with Crippen molar-refractivity contribution < 1.29 is 18.4 Å². The maximum Gasteiger partial charge on any atom is 0.164 e. The summed E-state index contributed by atoms with van der Waals surface area (Å²) in [6.45, 7) is 0. The zero-order valence-electron chi connectivity index (χ0n) is 33.2. The number of furan rings is 2. The molecular formula is C45H27N3O2. The molecule has 0 saturated carbocycles. The minimum absolute atomic E-state index is 0.00196. The van der Waals surface area contributed by atoms with Crippen LogP contribution in [0.3, 0.4) is 0 Å². The molecule has 0 aliphatic heterocycles. The van der Waals surface area contributed by atoms with E-state index in [9.17, 15) is 0 Å². The first-order valence-corrected chi connectivity index (χ1v) is 16.0. The van der Waals surface area contributed by atoms with Gasteiger partial charge in [-0.3, -0.25) is 0 Å². The molecule has 0 spiro atoms. The first-order valence-electron chi connectivity index (χ1n) is 19.5. The molecule has 234 valence electrons. The average molecular weight is 649 g/mol. The Bertz CT molecular complexity index is 3270. The summed E-state index contributed by atoms with van der Waals surface area (Å²) in [5, 5.41) is 1.83. The Labute approximate surface area is 297 Å². The molecule has 5 nitrogen and oxygen atoms in total. The summed E-state index contributed by atoms with van der Waals surface area (Å²) in [5.41, 5.74) is 6.13. The Balaban J connectivity index is 1.19. The van der Waals surface area contributed by atoms with Gasteiger partial charge in [0.2, 0.25) is 0 Å². The van der Waals surface area contributed by atoms with Crippen LogP contribution in [0.1, 0.15) is 9.60 Å². The minimum Gasteiger partial charge on any atom is -0.456 e. The van der Waals surface area contributed by atoms with E-state index in [4.69, 9.17) is 33.4 Å². The predicted octanol–water partition coefficient (Wildman–Crippen LogP) is 12.0. The van der Waals surface area contributed by atoms with Crippen molar-refractivity contribution >= 4 is 43.9 Å². The van der Waals surface area contributed by atoms with Gasteiger partial charge in [-0.2, -0.15) is 0 Å². The quantitative estimate of drug-likeness (QED) is 0.186. The molecule has 0 fully saturated rings. The molecule has 10 aromatic rings. The highest BCUT2D eigenvalue weighted by Crippen LogP contribution is 2.39. The molecule has 3 heterocycles. The summed E-state index contributed by atoms with van der Waals surface area (Å²) < 4.78 is 72.5. The van der Waals surface area contributed by atoms with Crippen LogP contribution in [0.2, 0.25) is 0 Å². The van der Waals surface area contributed by atoms with Crippen molar-refractivity contribution in [1.82, 2.24) is 15.0 Å². The summed E-state index contributed by atoms with van der Waals surface area (Å²) in [7, 11) is 0. The highest BCUT2D eigenvalue weighted by Gasteiger charge is 2.19. The van der Waals surface area contributed by atoms with Crippen molar-refractivity contribution in [1.29, 1.82) is 0 Å². The van der Waals surface area contributed by atoms with Gasteiger partial charge in [0.1, 0.15) is 22.3 Å². The lowest BCUT2D eigenvalue weighted by Gasteiger charge is -2.11. The van der Waals surface area contributed by atoms with E-state index < -0.39 is 24.2 Å². The van der Waals surface area contributed by atoms with Crippen LogP contribution in [-0.2, 0) is 0 Å². The van der Waals surface area contributed by atoms with Crippen LogP contribution < -0.4 is 0 Å². The molecule has 50 heavy (non-hydrogen) atoms. The van der Waals surface area contributed by atoms with Gasteiger partial charge >= 0.3 is 0 Å². The van der Waals surface area contributed by atoms with E-state index in [1.807, 2.05) is 91.0 Å². The fourth-order valence-corrected chi connectivity index (χ4v) is 6.50. The van der Waals surface area contributed by atoms with Crippen LogP contribution in [0.25, 0.3) is 100 Å². The van der Waals surface area contributed by atoms with Crippen molar-refractivity contribution in [3.8, 4) is 56.4 Å². The molecule has 0 amide bonds. The van der Waals surface area contributed by atoms with Crippen LogP contribution >= 0.6 is 0 Å². The second-order valence-electron chi connectivity index (χ2n) is 11.9. The van der Waals surface area contributed by atoms with Gasteiger partial charge in [-0.25, -0.2) is 15.0 Å². The van der Waals surface area contributed by atoms with Crippen molar-refractivity contribution in [2.24, 2.45) is 0 Å². The number of benzene rings is 7. The molecule has 0 atom stereocenters. The van der Waals surface area contributed by atoms with E-state index in [0.29, 0.717) is 34.2 Å². The molecule has 0 aliphatic carbocycles. The van der Waals surface area contributed by atoms with Gasteiger partial charge < -0.3 is 8.83 Å². The molecule has 0 radical (unpaired) electrons. The third-order valence-corrected chi connectivity index (χ3v) is 8.87. The highest BCUT2D eigenvalue weighted by molar-refractivity contribution is 6.12. The molecule has 0 saturated heterocycles. The Hall–Kier alpha value is -6.85. The standard InChI is InChI=1S/C45H27N3O2/c1-2-11-28(12-3-1)29-23-25-30(26-24-29)43-46-44(48-45(47-43)37-19-10-22-40-41(37)36-16-5-7-21-39(36)49-40)32-14-8-13-31(27-32)33-17-9-18-35-34-15-4-6-20-38(34)50-42(33)35/h1-27H/i4D,6D,9D,15D,17D,18D,20D. The molecule has 7 aromatic carbocycles. The van der Waals surface area contributed by atoms with Gasteiger partial charge in [0.15, 0.2) is 17.5 Å². The lowest BCUT2D eigenvalue weighted by Crippen LogP contribution is -2.00. The summed E-state index contributed by atoms with van der Waals surface area (Å²) >= 11 is 0. The van der Waals surface area contributed by atoms with E-state index in [1.165, 1.54) is 0 Å². The van der Waals surface area contributed by atoms with Gasteiger partial charge in [-0.15, -0.1) is 0 Å². The van der Waals surface area contributed by atoms with Gasteiger partial charge in [0.05, 0.1) is 9.60 Å². The van der Waals surface area contributed by atoms with Crippen LogP contribution in [0.5, 0.6) is 0 Å². The molecule has 3 aromatic heterocycles. The van der Waals surface area contributed by atoms with Gasteiger partial charge in [0.25, 0.3) is 0 Å². The van der Waals surface area contributed by atoms with Crippen molar-refractivity contribution in [2.45, 2.75) is 0 Å². The molecule has 0 bridgehead atoms. The Morgan fingerprint density at radius 1 is 0.400 bits per heavy atom. The molecule has 5 heteroatoms. The molecule has 0 aliphatic rings. The number of nitrogens with zero attached hydrogens (tertiary/aromatic N) is 3. The van der Waals surface area contributed by atoms with Gasteiger partial charge in [-0.1, -0.05) is 139 Å². The normalized spacial score (nSPS) is 13.6. The predicted molar refractivity (Wildman–Crippen MR) is 202 cm³/mol. The zero-order valence-corrected chi connectivity index (χ0v) is 26.2. The Morgan fingerprint density at radius 3 is 1.96 bits per heavy atom. The third kappa shape index (κ3) is 4.67. The Morgan fingerprint density at radius 2 is 1.06 bits per heavy atom. The molecule has 10 rings (SSSR count). The maximum atomic E-state index is 9.01. The largest absolute Gasteiger partial charge is 0.456 e. The summed E-state index contributed by atoms with van der Waals surface area (Å²) in [5.74, 6) is 1.19. The van der Waals surface area contributed by atoms with Crippen LogP contribution in [0.15, 0.2) is 172 Å². The number of rotatable bonds is 5. The van der Waals surface area contributed by atoms with Crippen LogP contribution in [-0.4, -0.2) is 15.0 Å². The van der Waals surface area contributed by atoms with E-state index in [2.05, 4.69) is 12.1 Å². The van der Waals surface area contributed by atoms with E-state index >= 15 is 0 Å². The fourth-order valence-electron chi connectivity index (χ4n) is 6.50. The fraction of sp³-hybridized carbons (Fsp3) is 0. The van der Waals surface area contributed by atoms with Gasteiger partial charge in [0, 0.05) is 43.8 Å². The number of para-hydroxylation sites is 3. The number of fused-ring (bicyclic) bond motifs is 6. The minimum atomic E-state index is -0.478. The Kier molecular flexibility index (Phi) is 4.99. The maximum absolute atomic E-state index is 9.01. The highest BCUT2D eigenvalue weighted by atomic mass is 16.3. The number of aromatic nitrogens is 3. The van der Waals surface area contributed by atoms with Crippen molar-refractivity contribution in [3.05, 3.63) is 164 Å². The summed E-state index contributed by atoms with van der Waals surface area (Å²) in [6.07, 6.45) is 0. The van der Waals surface area contributed by atoms with E-state index in [-0.39, 0.29) is 45.6 Å². The second-order valence-corrected chi connectivity index (χ2v) is 11.9. The number of hydrogen-bond acceptors (Lipinski definition) is 5. The second kappa shape index (κ2) is 11.4. The number of hydrogen-bond donors (Lipinski definition) is 0. The smallest absolute Gasteiger partial charge is 0.164 e. The lowest BCUT2D eigenvalue weighted by atomic mass is 10.00. The van der Waals surface area contributed by atoms with E-state index in [1.54, 1.807) is 18.2 Å².